The van der Waals surface area contributed by atoms with Gasteiger partial charge >= 0.3 is 0 Å². The molecule has 1 amide bonds. The number of aliphatic hydroxyl groups is 1. The van der Waals surface area contributed by atoms with Crippen LogP contribution in [0.25, 0.3) is 0 Å². The third-order valence-corrected chi connectivity index (χ3v) is 6.34. The number of nitrogens with zero attached hydrogens (tertiary/aromatic N) is 3. The highest BCUT2D eigenvalue weighted by atomic mass is 16.5. The molecule has 0 saturated carbocycles. The molecule has 1 aromatic heterocycles. The van der Waals surface area contributed by atoms with Crippen LogP contribution in [0.1, 0.15) is 52.0 Å². The number of likely N-dealkylation sites (tertiary alicyclic amines) is 1. The second-order valence-corrected chi connectivity index (χ2v) is 8.51. The van der Waals surface area contributed by atoms with Gasteiger partial charge in [0, 0.05) is 25.9 Å². The molecule has 3 rings (SSSR count). The Balaban J connectivity index is 1.89. The van der Waals surface area contributed by atoms with Gasteiger partial charge in [-0.1, -0.05) is 50.3 Å². The summed E-state index contributed by atoms with van der Waals surface area (Å²) in [5, 5.41) is 10.7. The maximum atomic E-state index is 13.7. The van der Waals surface area contributed by atoms with Crippen LogP contribution in [0, 0.1) is 0 Å². The first-order chi connectivity index (χ1) is 15.5. The minimum atomic E-state index is -0.772. The molecule has 1 saturated heterocycles. The van der Waals surface area contributed by atoms with Gasteiger partial charge in [-0.2, -0.15) is 0 Å². The van der Waals surface area contributed by atoms with Gasteiger partial charge in [-0.15, -0.1) is 0 Å². The van der Waals surface area contributed by atoms with Gasteiger partial charge in [0.15, 0.2) is 0 Å². The van der Waals surface area contributed by atoms with Crippen molar-refractivity contribution in [2.24, 2.45) is 0 Å². The molecule has 0 bridgehead atoms. The average Bonchev–Trinajstić information content (AvgIpc) is 2.82. The first kappa shape index (κ1) is 24.2. The van der Waals surface area contributed by atoms with E-state index < -0.39 is 6.23 Å². The average molecular weight is 440 g/mol. The predicted molar refractivity (Wildman–Crippen MR) is 128 cm³/mol. The van der Waals surface area contributed by atoms with Gasteiger partial charge in [0.2, 0.25) is 5.91 Å². The van der Waals surface area contributed by atoms with E-state index in [9.17, 15) is 9.90 Å². The van der Waals surface area contributed by atoms with Crippen molar-refractivity contribution in [1.82, 2.24) is 9.88 Å². The highest BCUT2D eigenvalue weighted by molar-refractivity contribution is 5.87. The number of amides is 1. The maximum absolute atomic E-state index is 13.7. The fourth-order valence-corrected chi connectivity index (χ4v) is 4.49. The molecule has 4 atom stereocenters. The number of rotatable bonds is 9. The lowest BCUT2D eigenvalue weighted by molar-refractivity contribution is -0.147. The molecular weight excluding hydrogens is 402 g/mol. The Morgan fingerprint density at radius 3 is 2.84 bits per heavy atom. The number of pyridine rings is 1. The van der Waals surface area contributed by atoms with Crippen molar-refractivity contribution >= 4 is 11.7 Å². The van der Waals surface area contributed by atoms with Crippen molar-refractivity contribution < 1.29 is 14.6 Å². The summed E-state index contributed by atoms with van der Waals surface area (Å²) in [6.45, 7) is 6.73. The normalized spacial score (nSPS) is 24.7. The van der Waals surface area contributed by atoms with E-state index in [-0.39, 0.29) is 24.1 Å². The fourth-order valence-electron chi connectivity index (χ4n) is 4.49. The quantitative estimate of drug-likeness (QED) is 0.589. The van der Waals surface area contributed by atoms with E-state index in [1.54, 1.807) is 18.2 Å². The molecule has 1 aliphatic heterocycles. The lowest BCUT2D eigenvalue weighted by Crippen LogP contribution is -2.58. The molecule has 2 aliphatic rings. The second-order valence-electron chi connectivity index (χ2n) is 8.51. The van der Waals surface area contributed by atoms with E-state index in [4.69, 9.17) is 4.74 Å². The molecule has 4 unspecified atom stereocenters. The summed E-state index contributed by atoms with van der Waals surface area (Å²) in [4.78, 5) is 22.2. The molecule has 6 nitrogen and oxygen atoms in total. The first-order valence-electron chi connectivity index (χ1n) is 11.8. The van der Waals surface area contributed by atoms with Crippen molar-refractivity contribution in [1.29, 1.82) is 0 Å². The lowest BCUT2D eigenvalue weighted by Gasteiger charge is -2.44. The monoisotopic (exact) mass is 439 g/mol. The van der Waals surface area contributed by atoms with Gasteiger partial charge in [-0.05, 0) is 56.2 Å². The summed E-state index contributed by atoms with van der Waals surface area (Å²) in [6.07, 6.45) is 15.2. The molecule has 6 heteroatoms. The van der Waals surface area contributed by atoms with Crippen molar-refractivity contribution in [3.8, 4) is 0 Å². The summed E-state index contributed by atoms with van der Waals surface area (Å²) in [6, 6.07) is 3.67. The summed E-state index contributed by atoms with van der Waals surface area (Å²) >= 11 is 0. The van der Waals surface area contributed by atoms with Crippen molar-refractivity contribution in [2.75, 3.05) is 18.6 Å². The molecule has 0 spiro atoms. The van der Waals surface area contributed by atoms with E-state index in [1.807, 2.05) is 18.2 Å². The number of hydrogen-bond donors (Lipinski definition) is 1. The van der Waals surface area contributed by atoms with Crippen LogP contribution in [0.3, 0.4) is 0 Å². The van der Waals surface area contributed by atoms with Gasteiger partial charge in [0.1, 0.15) is 18.1 Å². The molecule has 32 heavy (non-hydrogen) atoms. The van der Waals surface area contributed by atoms with Gasteiger partial charge < -0.3 is 19.6 Å². The van der Waals surface area contributed by atoms with E-state index >= 15 is 0 Å². The van der Waals surface area contributed by atoms with Crippen LogP contribution in [0.4, 0.5) is 5.82 Å². The van der Waals surface area contributed by atoms with Gasteiger partial charge in [-0.3, -0.25) is 4.79 Å². The Labute approximate surface area is 192 Å². The number of anilines is 1. The molecule has 1 N–H and O–H groups in total. The lowest BCUT2D eigenvalue weighted by atomic mass is 9.97. The van der Waals surface area contributed by atoms with Gasteiger partial charge in [0.25, 0.3) is 0 Å². The number of ether oxygens (including phenoxy) is 1. The third-order valence-electron chi connectivity index (χ3n) is 6.34. The number of aryl methyl sites for hydroxylation is 1. The standard InChI is InChI=1S/C26H37N3O3/c1-5-7-9-19(3)29(25-21(6-2)10-8-17-27-25)23-15-16-24(30)28(26(23)31)18-20-11-13-22(32-4)14-12-20/h7-13,17,19,22-24,30H,5-6,14-16,18H2,1-4H3/b9-7-. The maximum Gasteiger partial charge on any atom is 0.247 e. The molecule has 0 aromatic carbocycles. The van der Waals surface area contributed by atoms with Crippen molar-refractivity contribution in [3.05, 3.63) is 59.8 Å². The molecule has 0 radical (unpaired) electrons. The number of aliphatic hydroxyl groups excluding tert-OH is 1. The highest BCUT2D eigenvalue weighted by Crippen LogP contribution is 2.30. The number of aromatic nitrogens is 1. The Morgan fingerprint density at radius 1 is 1.38 bits per heavy atom. The van der Waals surface area contributed by atoms with Crippen LogP contribution < -0.4 is 4.90 Å². The predicted octanol–water partition coefficient (Wildman–Crippen LogP) is 4.02. The van der Waals surface area contributed by atoms with E-state index in [1.165, 1.54) is 0 Å². The second kappa shape index (κ2) is 11.4. The Morgan fingerprint density at radius 2 is 2.19 bits per heavy atom. The van der Waals surface area contributed by atoms with Crippen LogP contribution in [0.15, 0.2) is 54.3 Å². The first-order valence-corrected chi connectivity index (χ1v) is 11.8. The van der Waals surface area contributed by atoms with Crippen molar-refractivity contribution in [2.45, 2.75) is 77.3 Å². The highest BCUT2D eigenvalue weighted by Gasteiger charge is 2.40. The number of hydrogen-bond acceptors (Lipinski definition) is 5. The zero-order chi connectivity index (χ0) is 23.1. The molecule has 1 fully saturated rings. The van der Waals surface area contributed by atoms with Crippen LogP contribution in [0.2, 0.25) is 0 Å². The molecule has 1 aliphatic carbocycles. The number of methoxy groups -OCH3 is 1. The number of piperidine rings is 1. The Bertz CT molecular complexity index is 864. The number of allylic oxidation sites excluding steroid dienone is 1. The number of carbonyl (C=O) groups is 1. The summed E-state index contributed by atoms with van der Waals surface area (Å²) in [5.74, 6) is 0.814. The summed E-state index contributed by atoms with van der Waals surface area (Å²) < 4.78 is 5.37. The SMILES string of the molecule is CC/C=C\C(C)N(c1ncccc1CC)C1CCC(O)N(CC2=CCC(OC)C=C2)C1=O. The van der Waals surface area contributed by atoms with E-state index in [0.717, 1.165) is 36.2 Å². The van der Waals surface area contributed by atoms with Crippen LogP contribution >= 0.6 is 0 Å². The smallest absolute Gasteiger partial charge is 0.247 e. The molecule has 174 valence electrons. The fraction of sp³-hybridized carbons (Fsp3) is 0.538. The Kier molecular flexibility index (Phi) is 8.65. The van der Waals surface area contributed by atoms with Crippen LogP contribution in [-0.2, 0) is 16.0 Å². The Hall–Kier alpha value is -2.44. The summed E-state index contributed by atoms with van der Waals surface area (Å²) in [7, 11) is 1.70. The molecule has 1 aromatic rings. The zero-order valence-corrected chi connectivity index (χ0v) is 19.8. The topological polar surface area (TPSA) is 65.9 Å². The zero-order valence-electron chi connectivity index (χ0n) is 19.8. The molecular formula is C26H37N3O3. The summed E-state index contributed by atoms with van der Waals surface area (Å²) in [5.41, 5.74) is 2.15. The van der Waals surface area contributed by atoms with Crippen LogP contribution in [0.5, 0.6) is 0 Å². The number of carbonyl (C=O) groups excluding carboxylic acids is 1. The van der Waals surface area contributed by atoms with Gasteiger partial charge in [-0.25, -0.2) is 4.98 Å². The van der Waals surface area contributed by atoms with Crippen molar-refractivity contribution in [3.63, 3.8) is 0 Å². The van der Waals surface area contributed by atoms with E-state index in [2.05, 4.69) is 54.9 Å². The largest absolute Gasteiger partial charge is 0.377 e. The minimum absolute atomic E-state index is 0.0115. The van der Waals surface area contributed by atoms with Gasteiger partial charge in [0.05, 0.1) is 6.10 Å². The minimum Gasteiger partial charge on any atom is -0.377 e. The third kappa shape index (κ3) is 5.48. The van der Waals surface area contributed by atoms with Crippen LogP contribution in [-0.4, -0.2) is 59.0 Å². The molecule has 2 heterocycles. The van der Waals surface area contributed by atoms with E-state index in [0.29, 0.717) is 19.4 Å².